The fourth-order valence-electron chi connectivity index (χ4n) is 0.797. The van der Waals surface area contributed by atoms with Gasteiger partial charge < -0.3 is 27.4 Å². The third-order valence-corrected chi connectivity index (χ3v) is 1.50. The van der Waals surface area contributed by atoms with E-state index in [1.807, 2.05) is 0 Å². The van der Waals surface area contributed by atoms with Gasteiger partial charge in [-0.15, -0.1) is 0 Å². The molecule has 0 aliphatic heterocycles. The summed E-state index contributed by atoms with van der Waals surface area (Å²) in [4.78, 5) is 31.7. The van der Waals surface area contributed by atoms with E-state index < -0.39 is 23.8 Å². The molecule has 0 aliphatic carbocycles. The third kappa shape index (κ3) is 7.40. The van der Waals surface area contributed by atoms with E-state index in [-0.39, 0.29) is 24.9 Å². The highest BCUT2D eigenvalue weighted by Gasteiger charge is 2.19. The highest BCUT2D eigenvalue weighted by atomic mass is 16.4. The topological polar surface area (TPSA) is 167 Å². The van der Waals surface area contributed by atoms with E-state index in [1.165, 1.54) is 0 Å². The van der Waals surface area contributed by atoms with Crippen LogP contribution in [0, 0.1) is 0 Å². The van der Waals surface area contributed by atoms with Crippen LogP contribution in [0.3, 0.4) is 0 Å². The van der Waals surface area contributed by atoms with E-state index in [2.05, 4.69) is 5.32 Å². The molecule has 0 aromatic heterocycles. The summed E-state index contributed by atoms with van der Waals surface area (Å²) in [6.07, 6.45) is -0.127. The predicted octanol–water partition coefficient (Wildman–Crippen LogP) is -3.04. The standard InChI is InChI=1S/C7H13N3O4.H2O/c8-3-6(12)10-4(7(13)14)1-2-5(9)11;/h4H,1-3,8H2,(H2,9,11)(H,10,12)(H,13,14);1H2. The van der Waals surface area contributed by atoms with Crippen LogP contribution in [0.25, 0.3) is 0 Å². The van der Waals surface area contributed by atoms with Crippen LogP contribution in [0.15, 0.2) is 0 Å². The number of carbonyl (C=O) groups is 3. The van der Waals surface area contributed by atoms with Crippen molar-refractivity contribution in [2.45, 2.75) is 18.9 Å². The number of rotatable bonds is 6. The summed E-state index contributed by atoms with van der Waals surface area (Å²) in [6, 6.07) is -1.11. The maximum Gasteiger partial charge on any atom is 0.326 e. The van der Waals surface area contributed by atoms with Gasteiger partial charge in [0.15, 0.2) is 0 Å². The third-order valence-electron chi connectivity index (χ3n) is 1.50. The van der Waals surface area contributed by atoms with Crippen LogP contribution < -0.4 is 16.8 Å². The molecule has 0 aromatic rings. The van der Waals surface area contributed by atoms with Crippen molar-refractivity contribution in [3.05, 3.63) is 0 Å². The van der Waals surface area contributed by atoms with Crippen molar-refractivity contribution in [2.24, 2.45) is 11.5 Å². The number of nitrogens with two attached hydrogens (primary N) is 2. The molecular weight excluding hydrogens is 206 g/mol. The lowest BCUT2D eigenvalue weighted by molar-refractivity contribution is -0.141. The summed E-state index contributed by atoms with van der Waals surface area (Å²) in [7, 11) is 0. The van der Waals surface area contributed by atoms with E-state index in [9.17, 15) is 14.4 Å². The molecule has 88 valence electrons. The van der Waals surface area contributed by atoms with Gasteiger partial charge in [-0.1, -0.05) is 0 Å². The van der Waals surface area contributed by atoms with E-state index in [0.29, 0.717) is 0 Å². The molecule has 0 saturated heterocycles. The lowest BCUT2D eigenvalue weighted by atomic mass is 10.1. The summed E-state index contributed by atoms with van der Waals surface area (Å²) in [5, 5.41) is 10.8. The minimum Gasteiger partial charge on any atom is -0.480 e. The van der Waals surface area contributed by atoms with Crippen LogP contribution in [0.2, 0.25) is 0 Å². The average Bonchev–Trinajstić information content (AvgIpc) is 2.10. The number of carboxylic acid groups (broad SMARTS) is 1. The van der Waals surface area contributed by atoms with Gasteiger partial charge in [0.25, 0.3) is 0 Å². The molecule has 15 heavy (non-hydrogen) atoms. The lowest BCUT2D eigenvalue weighted by Crippen LogP contribution is -2.43. The Balaban J connectivity index is 0. The quantitative estimate of drug-likeness (QED) is 0.373. The fourth-order valence-corrected chi connectivity index (χ4v) is 0.797. The molecule has 1 atom stereocenters. The molecule has 0 aromatic carbocycles. The Hall–Kier alpha value is -1.67. The van der Waals surface area contributed by atoms with Gasteiger partial charge in [0.2, 0.25) is 11.8 Å². The Morgan fingerprint density at radius 1 is 1.33 bits per heavy atom. The van der Waals surface area contributed by atoms with Crippen LogP contribution in [-0.2, 0) is 14.4 Å². The number of carbonyl (C=O) groups excluding carboxylic acids is 2. The zero-order valence-electron chi connectivity index (χ0n) is 8.03. The number of nitrogens with one attached hydrogen (secondary N) is 1. The van der Waals surface area contributed by atoms with Gasteiger partial charge >= 0.3 is 5.97 Å². The number of hydrogen-bond donors (Lipinski definition) is 4. The summed E-state index contributed by atoms with van der Waals surface area (Å²) in [6.45, 7) is -0.291. The molecule has 2 amide bonds. The van der Waals surface area contributed by atoms with Crippen molar-refractivity contribution in [3.8, 4) is 0 Å². The van der Waals surface area contributed by atoms with E-state index in [1.54, 1.807) is 0 Å². The van der Waals surface area contributed by atoms with Crippen LogP contribution in [-0.4, -0.2) is 41.0 Å². The van der Waals surface area contributed by atoms with Gasteiger partial charge in [0.1, 0.15) is 6.04 Å². The van der Waals surface area contributed by atoms with Crippen molar-refractivity contribution in [3.63, 3.8) is 0 Å². The first-order valence-electron chi connectivity index (χ1n) is 3.98. The second kappa shape index (κ2) is 7.71. The normalized spacial score (nSPS) is 11.0. The lowest BCUT2D eigenvalue weighted by Gasteiger charge is -2.12. The van der Waals surface area contributed by atoms with Crippen LogP contribution in [0.1, 0.15) is 12.8 Å². The summed E-state index contributed by atoms with van der Waals surface area (Å²) >= 11 is 0. The zero-order chi connectivity index (χ0) is 11.1. The minimum atomic E-state index is -1.21. The number of carboxylic acids is 1. The molecule has 1 unspecified atom stereocenters. The molecule has 8 nitrogen and oxygen atoms in total. The Morgan fingerprint density at radius 3 is 2.20 bits per heavy atom. The highest BCUT2D eigenvalue weighted by molar-refractivity contribution is 5.85. The monoisotopic (exact) mass is 221 g/mol. The fraction of sp³-hybridized carbons (Fsp3) is 0.571. The average molecular weight is 221 g/mol. The predicted molar refractivity (Wildman–Crippen MR) is 50.7 cm³/mol. The van der Waals surface area contributed by atoms with Crippen molar-refractivity contribution >= 4 is 17.8 Å². The SMILES string of the molecule is NCC(=O)NC(CCC(N)=O)C(=O)O.O. The molecule has 0 aliphatic rings. The van der Waals surface area contributed by atoms with E-state index in [0.717, 1.165) is 0 Å². The van der Waals surface area contributed by atoms with Gasteiger partial charge in [-0.05, 0) is 6.42 Å². The summed E-state index contributed by atoms with van der Waals surface area (Å²) < 4.78 is 0. The maximum absolute atomic E-state index is 10.8. The van der Waals surface area contributed by atoms with Gasteiger partial charge in [0, 0.05) is 6.42 Å². The largest absolute Gasteiger partial charge is 0.480 e. The second-order valence-electron chi connectivity index (χ2n) is 2.67. The number of primary amides is 1. The molecule has 0 rings (SSSR count). The number of hydrogen-bond acceptors (Lipinski definition) is 4. The van der Waals surface area contributed by atoms with Crippen LogP contribution >= 0.6 is 0 Å². The van der Waals surface area contributed by atoms with E-state index in [4.69, 9.17) is 16.6 Å². The molecule has 0 fully saturated rings. The number of amides is 2. The van der Waals surface area contributed by atoms with Gasteiger partial charge in [-0.2, -0.15) is 0 Å². The summed E-state index contributed by atoms with van der Waals surface area (Å²) in [5.74, 6) is -2.41. The molecular formula is C7H15N3O5. The minimum absolute atomic E-state index is 0. The Bertz CT molecular complexity index is 243. The van der Waals surface area contributed by atoms with Crippen molar-refractivity contribution in [1.29, 1.82) is 0 Å². The van der Waals surface area contributed by atoms with Gasteiger partial charge in [0.05, 0.1) is 6.54 Å². The molecule has 0 saturated carbocycles. The first kappa shape index (κ1) is 15.8. The first-order chi connectivity index (χ1) is 6.47. The summed E-state index contributed by atoms with van der Waals surface area (Å²) in [5.41, 5.74) is 9.81. The van der Waals surface area contributed by atoms with Crippen LogP contribution in [0.4, 0.5) is 0 Å². The Kier molecular flexibility index (Phi) is 8.11. The maximum atomic E-state index is 10.8. The van der Waals surface area contributed by atoms with Gasteiger partial charge in [-0.25, -0.2) is 4.79 Å². The zero-order valence-corrected chi connectivity index (χ0v) is 8.03. The number of aliphatic carboxylic acids is 1. The van der Waals surface area contributed by atoms with Crippen LogP contribution in [0.5, 0.6) is 0 Å². The molecule has 0 bridgehead atoms. The van der Waals surface area contributed by atoms with Gasteiger partial charge in [-0.3, -0.25) is 9.59 Å². The smallest absolute Gasteiger partial charge is 0.326 e. The molecule has 0 heterocycles. The highest BCUT2D eigenvalue weighted by Crippen LogP contribution is 1.96. The Morgan fingerprint density at radius 2 is 1.87 bits per heavy atom. The second-order valence-corrected chi connectivity index (χ2v) is 2.67. The van der Waals surface area contributed by atoms with Crippen molar-refractivity contribution in [1.82, 2.24) is 5.32 Å². The van der Waals surface area contributed by atoms with E-state index >= 15 is 0 Å². The Labute approximate surface area is 85.9 Å². The molecule has 8 N–H and O–H groups in total. The first-order valence-corrected chi connectivity index (χ1v) is 3.98. The van der Waals surface area contributed by atoms with Crippen molar-refractivity contribution in [2.75, 3.05) is 6.54 Å². The molecule has 0 radical (unpaired) electrons. The molecule has 0 spiro atoms. The van der Waals surface area contributed by atoms with Crippen molar-refractivity contribution < 1.29 is 25.0 Å². The molecule has 8 heteroatoms.